The highest BCUT2D eigenvalue weighted by Crippen LogP contribution is 2.32. The Morgan fingerprint density at radius 3 is 2.54 bits per heavy atom. The molecule has 0 aliphatic heterocycles. The van der Waals surface area contributed by atoms with Crippen LogP contribution in [0.15, 0.2) is 18.3 Å². The molecule has 1 aromatic rings. The van der Waals surface area contributed by atoms with E-state index in [-0.39, 0.29) is 35.9 Å². The van der Waals surface area contributed by atoms with Crippen molar-refractivity contribution in [2.24, 2.45) is 11.8 Å². The fourth-order valence-corrected chi connectivity index (χ4v) is 4.02. The van der Waals surface area contributed by atoms with E-state index >= 15 is 0 Å². The second kappa shape index (κ2) is 8.52. The van der Waals surface area contributed by atoms with Crippen LogP contribution in [0.1, 0.15) is 50.6 Å². The number of hydrogen-bond donors (Lipinski definition) is 1. The summed E-state index contributed by atoms with van der Waals surface area (Å²) in [6, 6.07) is 4.04. The zero-order chi connectivity index (χ0) is 18.5. The smallest absolute Gasteiger partial charge is 0.308 e. The largest absolute Gasteiger partial charge is 0.489 e. The number of ether oxygens (including phenoxy) is 2. The van der Waals surface area contributed by atoms with Crippen molar-refractivity contribution in [2.45, 2.75) is 64.0 Å². The molecule has 2 aliphatic carbocycles. The minimum absolute atomic E-state index is 0.0638. The van der Waals surface area contributed by atoms with Gasteiger partial charge >= 0.3 is 5.97 Å². The Balaban J connectivity index is 1.42. The Kier molecular flexibility index (Phi) is 6.12. The molecule has 2 aliphatic rings. The predicted molar refractivity (Wildman–Crippen MR) is 96.6 cm³/mol. The molecule has 26 heavy (non-hydrogen) atoms. The van der Waals surface area contributed by atoms with Crippen molar-refractivity contribution in [2.75, 3.05) is 7.11 Å². The van der Waals surface area contributed by atoms with E-state index in [1.54, 1.807) is 6.20 Å². The lowest BCUT2D eigenvalue weighted by Crippen LogP contribution is -2.42. The third-order valence-corrected chi connectivity index (χ3v) is 5.61. The highest BCUT2D eigenvalue weighted by atomic mass is 16.5. The van der Waals surface area contributed by atoms with Gasteiger partial charge in [0.25, 0.3) is 0 Å². The van der Waals surface area contributed by atoms with Gasteiger partial charge in [-0.3, -0.25) is 14.6 Å². The molecule has 1 N–H and O–H groups in total. The number of hydrogen-bond acceptors (Lipinski definition) is 5. The first-order chi connectivity index (χ1) is 12.6. The van der Waals surface area contributed by atoms with E-state index in [0.29, 0.717) is 6.42 Å². The monoisotopic (exact) mass is 360 g/mol. The molecule has 142 valence electrons. The molecule has 2 atom stereocenters. The lowest BCUT2D eigenvalue weighted by Gasteiger charge is -2.30. The molecule has 0 spiro atoms. The van der Waals surface area contributed by atoms with Crippen LogP contribution < -0.4 is 10.1 Å². The van der Waals surface area contributed by atoms with Crippen LogP contribution >= 0.6 is 0 Å². The van der Waals surface area contributed by atoms with Crippen LogP contribution in [0.3, 0.4) is 0 Å². The van der Waals surface area contributed by atoms with Crippen LogP contribution in [0.25, 0.3) is 0 Å². The number of methoxy groups -OCH3 is 1. The summed E-state index contributed by atoms with van der Waals surface area (Å²) in [6.07, 6.45) is 7.76. The van der Waals surface area contributed by atoms with Crippen molar-refractivity contribution in [3.63, 3.8) is 0 Å². The molecule has 0 saturated heterocycles. The third-order valence-electron chi connectivity index (χ3n) is 5.61. The van der Waals surface area contributed by atoms with E-state index in [0.717, 1.165) is 50.0 Å². The number of rotatable bonds is 5. The van der Waals surface area contributed by atoms with E-state index < -0.39 is 0 Å². The Labute approximate surface area is 154 Å². The van der Waals surface area contributed by atoms with Crippen LogP contribution in [0, 0.1) is 18.8 Å². The number of nitrogens with one attached hydrogen (secondary N) is 1. The molecule has 2 saturated carbocycles. The standard InChI is InChI=1S/C20H28N2O4/c1-13-18(4-3-11-21-13)26-17-9-7-16(8-10-17)22-19(23)14-5-6-15(12-14)20(24)25-2/h3-4,11,14-17H,5-10,12H2,1-2H3,(H,22,23)/t14-,15+,16?,17?/m0/s1. The summed E-state index contributed by atoms with van der Waals surface area (Å²) in [4.78, 5) is 28.3. The van der Waals surface area contributed by atoms with Crippen LogP contribution in [-0.2, 0) is 14.3 Å². The average molecular weight is 360 g/mol. The number of carbonyl (C=O) groups is 2. The third kappa shape index (κ3) is 4.54. The van der Waals surface area contributed by atoms with Crippen LogP contribution in [0.5, 0.6) is 5.75 Å². The zero-order valence-corrected chi connectivity index (χ0v) is 15.6. The van der Waals surface area contributed by atoms with Gasteiger partial charge < -0.3 is 14.8 Å². The highest BCUT2D eigenvalue weighted by molar-refractivity contribution is 5.81. The summed E-state index contributed by atoms with van der Waals surface area (Å²) in [5, 5.41) is 3.18. The molecule has 0 bridgehead atoms. The van der Waals surface area contributed by atoms with Gasteiger partial charge in [0.15, 0.2) is 0 Å². The van der Waals surface area contributed by atoms with E-state index in [2.05, 4.69) is 10.3 Å². The van der Waals surface area contributed by atoms with E-state index in [1.165, 1.54) is 7.11 Å². The molecule has 1 aromatic heterocycles. The second-order valence-electron chi connectivity index (χ2n) is 7.42. The SMILES string of the molecule is COC(=O)[C@@H]1CC[C@H](C(=O)NC2CCC(Oc3cccnc3C)CC2)C1. The summed E-state index contributed by atoms with van der Waals surface area (Å²) < 4.78 is 10.9. The number of aromatic nitrogens is 1. The Morgan fingerprint density at radius 2 is 1.85 bits per heavy atom. The minimum atomic E-state index is -0.191. The van der Waals surface area contributed by atoms with Crippen LogP contribution in [-0.4, -0.2) is 36.1 Å². The summed E-state index contributed by atoms with van der Waals surface area (Å²) in [5.41, 5.74) is 0.907. The zero-order valence-electron chi connectivity index (χ0n) is 15.6. The molecule has 3 rings (SSSR count). The number of nitrogens with zero attached hydrogens (tertiary/aromatic N) is 1. The fraction of sp³-hybridized carbons (Fsp3) is 0.650. The molecule has 1 amide bonds. The van der Waals surface area contributed by atoms with Gasteiger partial charge in [0, 0.05) is 18.2 Å². The lowest BCUT2D eigenvalue weighted by atomic mass is 9.92. The maximum absolute atomic E-state index is 12.5. The second-order valence-corrected chi connectivity index (χ2v) is 7.42. The van der Waals surface area contributed by atoms with Gasteiger partial charge in [0.05, 0.1) is 24.8 Å². The summed E-state index contributed by atoms with van der Waals surface area (Å²) in [5.74, 6) is 0.557. The first kappa shape index (κ1) is 18.7. The maximum atomic E-state index is 12.5. The number of carbonyl (C=O) groups excluding carboxylic acids is 2. The van der Waals surface area contributed by atoms with Crippen molar-refractivity contribution in [3.05, 3.63) is 24.0 Å². The summed E-state index contributed by atoms with van der Waals surface area (Å²) in [7, 11) is 1.41. The van der Waals surface area contributed by atoms with Gasteiger partial charge in [-0.1, -0.05) is 0 Å². The van der Waals surface area contributed by atoms with Gasteiger partial charge in [-0.25, -0.2) is 0 Å². The number of aryl methyl sites for hydroxylation is 1. The first-order valence-electron chi connectivity index (χ1n) is 9.53. The number of pyridine rings is 1. The molecule has 2 fully saturated rings. The van der Waals surface area contributed by atoms with Crippen molar-refractivity contribution >= 4 is 11.9 Å². The van der Waals surface area contributed by atoms with Gasteiger partial charge in [-0.2, -0.15) is 0 Å². The Hall–Kier alpha value is -2.11. The van der Waals surface area contributed by atoms with E-state index in [4.69, 9.17) is 9.47 Å². The van der Waals surface area contributed by atoms with Gasteiger partial charge in [0.1, 0.15) is 5.75 Å². The van der Waals surface area contributed by atoms with Crippen molar-refractivity contribution in [3.8, 4) is 5.75 Å². The number of amides is 1. The Morgan fingerprint density at radius 1 is 1.12 bits per heavy atom. The van der Waals surface area contributed by atoms with Gasteiger partial charge in [-0.15, -0.1) is 0 Å². The highest BCUT2D eigenvalue weighted by Gasteiger charge is 2.35. The summed E-state index contributed by atoms with van der Waals surface area (Å²) >= 11 is 0. The molecule has 0 aromatic carbocycles. The Bertz CT molecular complexity index is 640. The van der Waals surface area contributed by atoms with Crippen LogP contribution in [0.4, 0.5) is 0 Å². The fourth-order valence-electron chi connectivity index (χ4n) is 4.02. The molecule has 1 heterocycles. The summed E-state index contributed by atoms with van der Waals surface area (Å²) in [6.45, 7) is 1.95. The normalized spacial score (nSPS) is 28.4. The van der Waals surface area contributed by atoms with E-state index in [1.807, 2.05) is 19.1 Å². The molecule has 0 unspecified atom stereocenters. The molecule has 0 radical (unpaired) electrons. The quantitative estimate of drug-likeness (QED) is 0.817. The van der Waals surface area contributed by atoms with Crippen molar-refractivity contribution in [1.29, 1.82) is 0 Å². The first-order valence-corrected chi connectivity index (χ1v) is 9.53. The lowest BCUT2D eigenvalue weighted by molar-refractivity contribution is -0.145. The maximum Gasteiger partial charge on any atom is 0.308 e. The predicted octanol–water partition coefficient (Wildman–Crippen LogP) is 2.79. The van der Waals surface area contributed by atoms with Crippen molar-refractivity contribution < 1.29 is 19.1 Å². The van der Waals surface area contributed by atoms with Gasteiger partial charge in [-0.05, 0) is 64.0 Å². The van der Waals surface area contributed by atoms with E-state index in [9.17, 15) is 9.59 Å². The minimum Gasteiger partial charge on any atom is -0.489 e. The average Bonchev–Trinajstić information content (AvgIpc) is 3.15. The topological polar surface area (TPSA) is 77.5 Å². The molecular formula is C20H28N2O4. The molecular weight excluding hydrogens is 332 g/mol. The molecule has 6 heteroatoms. The van der Waals surface area contributed by atoms with Crippen LogP contribution in [0.2, 0.25) is 0 Å². The van der Waals surface area contributed by atoms with Crippen molar-refractivity contribution in [1.82, 2.24) is 10.3 Å². The van der Waals surface area contributed by atoms with Gasteiger partial charge in [0.2, 0.25) is 5.91 Å². The number of esters is 1. The molecule has 6 nitrogen and oxygen atoms in total.